The molecule has 1 amide bonds. The molecule has 3 N–H and O–H groups in total. The third-order valence-corrected chi connectivity index (χ3v) is 6.83. The molecule has 1 spiro atoms. The molecule has 0 saturated carbocycles. The number of aliphatic hydroxyl groups is 1. The monoisotopic (exact) mass is 453 g/mol. The number of likely N-dealkylation sites (tertiary alicyclic amines) is 2. The fourth-order valence-corrected chi connectivity index (χ4v) is 5.34. The minimum absolute atomic E-state index is 0.0928. The van der Waals surface area contributed by atoms with Crippen LogP contribution in [0.3, 0.4) is 0 Å². The molecule has 2 aromatic heterocycles. The summed E-state index contributed by atoms with van der Waals surface area (Å²) in [6, 6.07) is 8.50. The summed E-state index contributed by atoms with van der Waals surface area (Å²) in [4.78, 5) is 32.6. The number of benzene rings is 1. The lowest BCUT2D eigenvalue weighted by Crippen LogP contribution is -2.54. The zero-order chi connectivity index (χ0) is 23.3. The van der Waals surface area contributed by atoms with E-state index in [0.717, 1.165) is 51.0 Å². The smallest absolute Gasteiger partial charge is 0.290 e. The minimum atomic E-state index is -0.308. The van der Waals surface area contributed by atoms with Gasteiger partial charge in [0.1, 0.15) is 6.54 Å². The maximum Gasteiger partial charge on any atom is 0.290 e. The molecule has 3 aromatic rings. The molecular weight excluding hydrogens is 422 g/mol. The van der Waals surface area contributed by atoms with Crippen LogP contribution in [0.25, 0.3) is 10.9 Å². The molecular formula is C24H31N5O4. The number of aromatic nitrogens is 3. The van der Waals surface area contributed by atoms with E-state index in [4.69, 9.17) is 9.90 Å². The molecule has 4 heterocycles. The lowest BCUT2D eigenvalue weighted by molar-refractivity contribution is -0.135. The highest BCUT2D eigenvalue weighted by atomic mass is 16.3. The van der Waals surface area contributed by atoms with Crippen molar-refractivity contribution in [3.8, 4) is 0 Å². The van der Waals surface area contributed by atoms with Gasteiger partial charge in [-0.1, -0.05) is 12.1 Å². The number of carbonyl (C=O) groups is 2. The molecule has 9 heteroatoms. The second-order valence-electron chi connectivity index (χ2n) is 9.10. The topological polar surface area (TPSA) is 115 Å². The molecule has 0 aliphatic carbocycles. The molecule has 5 rings (SSSR count). The van der Waals surface area contributed by atoms with Crippen molar-refractivity contribution in [2.24, 2.45) is 5.41 Å². The van der Waals surface area contributed by atoms with Gasteiger partial charge in [-0.05, 0) is 42.4 Å². The first kappa shape index (κ1) is 23.0. The number of β-amino-alcohol motifs (C(OH)–C–C–N with tert-alkyl or cyclic N) is 1. The van der Waals surface area contributed by atoms with Crippen molar-refractivity contribution >= 4 is 23.3 Å². The number of amides is 1. The molecule has 1 aromatic carbocycles. The number of nitrogens with one attached hydrogen (secondary N) is 1. The molecule has 2 aliphatic rings. The van der Waals surface area contributed by atoms with E-state index in [0.29, 0.717) is 13.1 Å². The van der Waals surface area contributed by atoms with E-state index in [1.165, 1.54) is 10.9 Å². The number of rotatable bonds is 4. The summed E-state index contributed by atoms with van der Waals surface area (Å²) in [5.41, 5.74) is 2.55. The summed E-state index contributed by atoms with van der Waals surface area (Å²) in [7, 11) is 0. The number of H-pyrrole nitrogens is 1. The van der Waals surface area contributed by atoms with Crippen LogP contribution in [0.2, 0.25) is 0 Å². The highest BCUT2D eigenvalue weighted by molar-refractivity contribution is 5.82. The lowest BCUT2D eigenvalue weighted by Gasteiger charge is -2.49. The van der Waals surface area contributed by atoms with Gasteiger partial charge in [-0.15, -0.1) is 0 Å². The van der Waals surface area contributed by atoms with Gasteiger partial charge >= 0.3 is 0 Å². The van der Waals surface area contributed by atoms with Crippen molar-refractivity contribution in [1.29, 1.82) is 0 Å². The largest absolute Gasteiger partial charge is 0.483 e. The molecule has 33 heavy (non-hydrogen) atoms. The van der Waals surface area contributed by atoms with E-state index in [2.05, 4.69) is 39.1 Å². The second kappa shape index (κ2) is 10.2. The number of nitrogens with zero attached hydrogens (tertiary/aromatic N) is 4. The summed E-state index contributed by atoms with van der Waals surface area (Å²) in [6.45, 7) is 4.17. The van der Waals surface area contributed by atoms with Gasteiger partial charge < -0.3 is 24.7 Å². The Kier molecular flexibility index (Phi) is 7.10. The number of aliphatic hydroxyl groups excluding tert-OH is 1. The summed E-state index contributed by atoms with van der Waals surface area (Å²) in [6.07, 6.45) is 9.61. The molecule has 2 saturated heterocycles. The van der Waals surface area contributed by atoms with Crippen LogP contribution in [0.15, 0.2) is 49.2 Å². The Hall–Kier alpha value is -3.17. The molecule has 176 valence electrons. The van der Waals surface area contributed by atoms with Crippen molar-refractivity contribution < 1.29 is 19.8 Å². The fraction of sp³-hybridized carbons (Fsp3) is 0.458. The molecule has 0 radical (unpaired) electrons. The van der Waals surface area contributed by atoms with Gasteiger partial charge in [0.25, 0.3) is 6.47 Å². The van der Waals surface area contributed by atoms with Crippen LogP contribution in [0, 0.1) is 5.41 Å². The third-order valence-electron chi connectivity index (χ3n) is 6.83. The van der Waals surface area contributed by atoms with Crippen molar-refractivity contribution in [1.82, 2.24) is 24.3 Å². The van der Waals surface area contributed by atoms with E-state index in [9.17, 15) is 9.90 Å². The number of aromatic amines is 1. The first-order valence-corrected chi connectivity index (χ1v) is 11.3. The highest BCUT2D eigenvalue weighted by Gasteiger charge is 2.42. The molecule has 0 bridgehead atoms. The van der Waals surface area contributed by atoms with Crippen LogP contribution >= 0.6 is 0 Å². The average Bonchev–Trinajstić information content (AvgIpc) is 3.47. The Morgan fingerprint density at radius 3 is 2.79 bits per heavy atom. The quantitative estimate of drug-likeness (QED) is 0.520. The molecule has 1 unspecified atom stereocenters. The Morgan fingerprint density at radius 1 is 1.27 bits per heavy atom. The standard InChI is InChI=1S/C23H29N5O2.CH2O2/c29-19-12-23(5-9-28(10-6-23)22(30)15-26-11-8-24-17-26)16-27(14-19)13-18-2-1-3-21-20(18)4-7-25-21;2-1-3/h1-4,7-8,11,17,19,25,29H,5-6,9-10,12-16H2;1H,(H,2,3). The van der Waals surface area contributed by atoms with Gasteiger partial charge in [-0.2, -0.15) is 0 Å². The summed E-state index contributed by atoms with van der Waals surface area (Å²) < 4.78 is 1.82. The summed E-state index contributed by atoms with van der Waals surface area (Å²) in [5.74, 6) is 0.148. The third kappa shape index (κ3) is 5.43. The first-order valence-electron chi connectivity index (χ1n) is 11.3. The number of hydrogen-bond donors (Lipinski definition) is 3. The van der Waals surface area contributed by atoms with Gasteiger partial charge in [0.15, 0.2) is 0 Å². The lowest BCUT2D eigenvalue weighted by atomic mass is 9.71. The highest BCUT2D eigenvalue weighted by Crippen LogP contribution is 2.40. The minimum Gasteiger partial charge on any atom is -0.483 e. The Bertz CT molecular complexity index is 1060. The maximum atomic E-state index is 12.6. The number of fused-ring (bicyclic) bond motifs is 1. The second-order valence-corrected chi connectivity index (χ2v) is 9.10. The number of hydrogen-bond acceptors (Lipinski definition) is 5. The molecule has 2 aliphatic heterocycles. The van der Waals surface area contributed by atoms with E-state index in [1.54, 1.807) is 12.5 Å². The molecule has 1 atom stereocenters. The van der Waals surface area contributed by atoms with Gasteiger partial charge in [-0.25, -0.2) is 4.98 Å². The van der Waals surface area contributed by atoms with Crippen molar-refractivity contribution in [2.45, 2.75) is 38.5 Å². The van der Waals surface area contributed by atoms with E-state index < -0.39 is 0 Å². The van der Waals surface area contributed by atoms with E-state index in [-0.39, 0.29) is 23.9 Å². The Balaban J connectivity index is 0.000000821. The normalized spacial score (nSPS) is 20.4. The summed E-state index contributed by atoms with van der Waals surface area (Å²) in [5, 5.41) is 18.8. The van der Waals surface area contributed by atoms with Crippen molar-refractivity contribution in [2.75, 3.05) is 26.2 Å². The first-order chi connectivity index (χ1) is 16.0. The number of imidazole rings is 1. The van der Waals surface area contributed by atoms with Crippen molar-refractivity contribution in [3.05, 3.63) is 54.7 Å². The van der Waals surface area contributed by atoms with Crippen molar-refractivity contribution in [3.63, 3.8) is 0 Å². The zero-order valence-corrected chi connectivity index (χ0v) is 18.6. The predicted octanol–water partition coefficient (Wildman–Crippen LogP) is 1.94. The van der Waals surface area contributed by atoms with Gasteiger partial charge in [0.2, 0.25) is 5.91 Å². The van der Waals surface area contributed by atoms with Crippen LogP contribution < -0.4 is 0 Å². The zero-order valence-electron chi connectivity index (χ0n) is 18.6. The van der Waals surface area contributed by atoms with Gasteiger partial charge in [0.05, 0.1) is 12.4 Å². The average molecular weight is 454 g/mol. The predicted molar refractivity (Wildman–Crippen MR) is 123 cm³/mol. The molecule has 9 nitrogen and oxygen atoms in total. The van der Waals surface area contributed by atoms with Crippen LogP contribution in [0.4, 0.5) is 0 Å². The Morgan fingerprint density at radius 2 is 2.06 bits per heavy atom. The van der Waals surface area contributed by atoms with Gasteiger partial charge in [-0.3, -0.25) is 14.5 Å². The van der Waals surface area contributed by atoms with Crippen LogP contribution in [0.5, 0.6) is 0 Å². The number of carboxylic acid groups (broad SMARTS) is 1. The summed E-state index contributed by atoms with van der Waals surface area (Å²) >= 11 is 0. The molecule has 2 fully saturated rings. The van der Waals surface area contributed by atoms with Gasteiger partial charge in [0, 0.05) is 62.2 Å². The number of piperidine rings is 2. The SMILES string of the molecule is O=C(Cn1ccnc1)N1CCC2(CC1)CC(O)CN(Cc1cccc3[nH]ccc13)C2.O=CO. The maximum absolute atomic E-state index is 12.6. The van der Waals surface area contributed by atoms with Crippen LogP contribution in [-0.2, 0) is 22.7 Å². The Labute approximate surface area is 192 Å². The van der Waals surface area contributed by atoms with Crippen LogP contribution in [0.1, 0.15) is 24.8 Å². The van der Waals surface area contributed by atoms with E-state index >= 15 is 0 Å². The van der Waals surface area contributed by atoms with Crippen LogP contribution in [-0.4, -0.2) is 79.2 Å². The van der Waals surface area contributed by atoms with E-state index in [1.807, 2.05) is 21.9 Å². The fourth-order valence-electron chi connectivity index (χ4n) is 5.34. The number of carbonyl (C=O) groups excluding carboxylic acids is 1.